The number of halogens is 3. The van der Waals surface area contributed by atoms with Crippen LogP contribution in [0.1, 0.15) is 5.56 Å². The van der Waals surface area contributed by atoms with Gasteiger partial charge in [0.1, 0.15) is 17.7 Å². The standard InChI is InChI=1S/C10H10ClF2NO2/c1-16-10(15)8(14)4-5-6(12)2-3-7(13)9(5)11/h2-3,8H,4,14H2,1H3/t8-/m0/s1. The quantitative estimate of drug-likeness (QED) is 0.655. The predicted octanol–water partition coefficient (Wildman–Crippen LogP) is 1.66. The van der Waals surface area contributed by atoms with Crippen LogP contribution in [0.15, 0.2) is 12.1 Å². The van der Waals surface area contributed by atoms with Crippen LogP contribution in [-0.4, -0.2) is 19.1 Å². The van der Waals surface area contributed by atoms with Crippen LogP contribution in [0.3, 0.4) is 0 Å². The Morgan fingerprint density at radius 1 is 1.50 bits per heavy atom. The molecule has 16 heavy (non-hydrogen) atoms. The Kier molecular flexibility index (Phi) is 4.20. The highest BCUT2D eigenvalue weighted by atomic mass is 35.5. The first-order chi connectivity index (χ1) is 7.47. The van der Waals surface area contributed by atoms with Gasteiger partial charge in [-0.3, -0.25) is 4.79 Å². The third kappa shape index (κ3) is 2.68. The molecule has 0 aliphatic carbocycles. The van der Waals surface area contributed by atoms with Crippen molar-refractivity contribution in [3.63, 3.8) is 0 Å². The van der Waals surface area contributed by atoms with Crippen LogP contribution in [0.4, 0.5) is 8.78 Å². The predicted molar refractivity (Wildman–Crippen MR) is 55.1 cm³/mol. The van der Waals surface area contributed by atoms with E-state index in [2.05, 4.69) is 4.74 Å². The molecule has 0 amide bonds. The molecule has 88 valence electrons. The first kappa shape index (κ1) is 12.9. The van der Waals surface area contributed by atoms with Crippen molar-refractivity contribution in [1.29, 1.82) is 0 Å². The number of benzene rings is 1. The molecule has 0 aliphatic rings. The van der Waals surface area contributed by atoms with Gasteiger partial charge in [0.05, 0.1) is 12.1 Å². The Balaban J connectivity index is 2.97. The van der Waals surface area contributed by atoms with Crippen LogP contribution >= 0.6 is 11.6 Å². The van der Waals surface area contributed by atoms with E-state index < -0.39 is 23.6 Å². The minimum absolute atomic E-state index is 0.125. The Hall–Kier alpha value is -1.20. The van der Waals surface area contributed by atoms with Crippen molar-refractivity contribution < 1.29 is 18.3 Å². The molecular weight excluding hydrogens is 240 g/mol. The van der Waals surface area contributed by atoms with Crippen molar-refractivity contribution in [2.24, 2.45) is 5.73 Å². The average molecular weight is 250 g/mol. The molecule has 1 rings (SSSR count). The molecule has 1 atom stereocenters. The van der Waals surface area contributed by atoms with E-state index in [1.54, 1.807) is 0 Å². The van der Waals surface area contributed by atoms with Gasteiger partial charge in [-0.05, 0) is 12.1 Å². The molecule has 0 spiro atoms. The summed E-state index contributed by atoms with van der Waals surface area (Å²) in [6.07, 6.45) is -0.213. The fourth-order valence-corrected chi connectivity index (χ4v) is 1.44. The largest absolute Gasteiger partial charge is 0.468 e. The lowest BCUT2D eigenvalue weighted by molar-refractivity contribution is -0.142. The molecule has 0 bridgehead atoms. The minimum atomic E-state index is -1.07. The van der Waals surface area contributed by atoms with Crippen LogP contribution in [-0.2, 0) is 16.0 Å². The highest BCUT2D eigenvalue weighted by molar-refractivity contribution is 6.31. The fourth-order valence-electron chi connectivity index (χ4n) is 1.21. The summed E-state index contributed by atoms with van der Waals surface area (Å²) in [6, 6.07) is 0.768. The van der Waals surface area contributed by atoms with E-state index in [0.717, 1.165) is 19.2 Å². The lowest BCUT2D eigenvalue weighted by Gasteiger charge is -2.11. The number of nitrogens with two attached hydrogens (primary N) is 1. The number of esters is 1. The van der Waals surface area contributed by atoms with Crippen molar-refractivity contribution >= 4 is 17.6 Å². The molecule has 1 aromatic carbocycles. The molecule has 0 heterocycles. The number of rotatable bonds is 3. The second kappa shape index (κ2) is 5.23. The molecule has 0 unspecified atom stereocenters. The van der Waals surface area contributed by atoms with E-state index in [0.29, 0.717) is 0 Å². The van der Waals surface area contributed by atoms with Gasteiger partial charge in [-0.2, -0.15) is 0 Å². The van der Waals surface area contributed by atoms with Crippen LogP contribution in [0, 0.1) is 11.6 Å². The smallest absolute Gasteiger partial charge is 0.322 e. The van der Waals surface area contributed by atoms with E-state index in [4.69, 9.17) is 17.3 Å². The molecule has 2 N–H and O–H groups in total. The number of carbonyl (C=O) groups is 1. The molecule has 0 saturated carbocycles. The summed E-state index contributed by atoms with van der Waals surface area (Å²) in [5.41, 5.74) is 5.30. The molecule has 6 heteroatoms. The van der Waals surface area contributed by atoms with Gasteiger partial charge in [0, 0.05) is 12.0 Å². The molecule has 0 radical (unpaired) electrons. The molecule has 0 aromatic heterocycles. The Morgan fingerprint density at radius 3 is 2.62 bits per heavy atom. The maximum absolute atomic E-state index is 13.3. The zero-order valence-electron chi connectivity index (χ0n) is 8.47. The first-order valence-corrected chi connectivity index (χ1v) is 4.81. The summed E-state index contributed by atoms with van der Waals surface area (Å²) in [6.45, 7) is 0. The highest BCUT2D eigenvalue weighted by Crippen LogP contribution is 2.23. The monoisotopic (exact) mass is 249 g/mol. The van der Waals surface area contributed by atoms with E-state index in [-0.39, 0.29) is 17.0 Å². The van der Waals surface area contributed by atoms with Gasteiger partial charge in [0.15, 0.2) is 0 Å². The van der Waals surface area contributed by atoms with Crippen LogP contribution < -0.4 is 5.73 Å². The molecular formula is C10H10ClF2NO2. The summed E-state index contributed by atoms with van der Waals surface area (Å²) >= 11 is 5.57. The van der Waals surface area contributed by atoms with Crippen LogP contribution in [0.2, 0.25) is 5.02 Å². The second-order valence-electron chi connectivity index (χ2n) is 3.16. The Labute approximate surface area is 96.1 Å². The van der Waals surface area contributed by atoms with E-state index >= 15 is 0 Å². The van der Waals surface area contributed by atoms with Gasteiger partial charge in [-0.15, -0.1) is 0 Å². The van der Waals surface area contributed by atoms with Gasteiger partial charge in [-0.25, -0.2) is 8.78 Å². The Morgan fingerprint density at radius 2 is 2.06 bits per heavy atom. The van der Waals surface area contributed by atoms with Gasteiger partial charge >= 0.3 is 5.97 Å². The van der Waals surface area contributed by atoms with Gasteiger partial charge in [0.25, 0.3) is 0 Å². The lowest BCUT2D eigenvalue weighted by atomic mass is 10.1. The summed E-state index contributed by atoms with van der Waals surface area (Å²) in [7, 11) is 1.16. The first-order valence-electron chi connectivity index (χ1n) is 4.43. The molecule has 1 aromatic rings. The second-order valence-corrected chi connectivity index (χ2v) is 3.53. The molecule has 0 saturated heterocycles. The maximum atomic E-state index is 13.3. The zero-order valence-corrected chi connectivity index (χ0v) is 9.22. The summed E-state index contributed by atoms with van der Waals surface area (Å²) in [4.78, 5) is 11.0. The number of carbonyl (C=O) groups excluding carboxylic acids is 1. The fraction of sp³-hybridized carbons (Fsp3) is 0.300. The van der Waals surface area contributed by atoms with Crippen molar-refractivity contribution in [3.8, 4) is 0 Å². The highest BCUT2D eigenvalue weighted by Gasteiger charge is 2.20. The van der Waals surface area contributed by atoms with E-state index in [1.807, 2.05) is 0 Å². The number of methoxy groups -OCH3 is 1. The normalized spacial score (nSPS) is 12.3. The van der Waals surface area contributed by atoms with Crippen molar-refractivity contribution in [2.75, 3.05) is 7.11 Å². The van der Waals surface area contributed by atoms with Gasteiger partial charge < -0.3 is 10.5 Å². The third-order valence-corrected chi connectivity index (χ3v) is 2.48. The van der Waals surface area contributed by atoms with Crippen LogP contribution in [0.5, 0.6) is 0 Å². The van der Waals surface area contributed by atoms with E-state index in [1.165, 1.54) is 0 Å². The van der Waals surface area contributed by atoms with Crippen molar-refractivity contribution in [1.82, 2.24) is 0 Å². The van der Waals surface area contributed by atoms with Crippen molar-refractivity contribution in [3.05, 3.63) is 34.4 Å². The lowest BCUT2D eigenvalue weighted by Crippen LogP contribution is -2.34. The zero-order chi connectivity index (χ0) is 12.3. The SMILES string of the molecule is COC(=O)[C@@H](N)Cc1c(F)ccc(F)c1Cl. The number of hydrogen-bond donors (Lipinski definition) is 1. The molecule has 0 aliphatic heterocycles. The van der Waals surface area contributed by atoms with E-state index in [9.17, 15) is 13.6 Å². The minimum Gasteiger partial charge on any atom is -0.468 e. The summed E-state index contributed by atoms with van der Waals surface area (Å²) < 4.78 is 30.7. The van der Waals surface area contributed by atoms with Gasteiger partial charge in [0.2, 0.25) is 0 Å². The third-order valence-electron chi connectivity index (χ3n) is 2.07. The number of hydrogen-bond acceptors (Lipinski definition) is 3. The van der Waals surface area contributed by atoms with Gasteiger partial charge in [-0.1, -0.05) is 11.6 Å². The molecule has 0 fully saturated rings. The Bertz CT molecular complexity index is 412. The number of ether oxygens (including phenoxy) is 1. The molecule has 3 nitrogen and oxygen atoms in total. The topological polar surface area (TPSA) is 52.3 Å². The summed E-state index contributed by atoms with van der Waals surface area (Å²) in [5, 5.41) is -0.362. The summed E-state index contributed by atoms with van der Waals surface area (Å²) in [5.74, 6) is -2.17. The average Bonchev–Trinajstić information content (AvgIpc) is 2.28. The maximum Gasteiger partial charge on any atom is 0.322 e. The van der Waals surface area contributed by atoms with Crippen molar-refractivity contribution in [2.45, 2.75) is 12.5 Å². The van der Waals surface area contributed by atoms with Crippen LogP contribution in [0.25, 0.3) is 0 Å².